The lowest BCUT2D eigenvalue weighted by molar-refractivity contribution is 0.236. The van der Waals surface area contributed by atoms with Crippen LogP contribution in [0.5, 0.6) is 5.75 Å². The number of para-hydroxylation sites is 1. The Balaban J connectivity index is 1.83. The van der Waals surface area contributed by atoms with Gasteiger partial charge in [0.25, 0.3) is 0 Å². The topological polar surface area (TPSA) is 69.5 Å². The lowest BCUT2D eigenvalue weighted by Gasteiger charge is -2.23. The molecule has 0 aliphatic carbocycles. The van der Waals surface area contributed by atoms with Crippen molar-refractivity contribution in [3.05, 3.63) is 89.0 Å². The van der Waals surface area contributed by atoms with Gasteiger partial charge in [0.15, 0.2) is 0 Å². The maximum Gasteiger partial charge on any atom is 0.120 e. The molecule has 3 aromatic rings. The van der Waals surface area contributed by atoms with E-state index in [0.717, 1.165) is 29.1 Å². The molecule has 0 atom stereocenters. The molecule has 0 aliphatic rings. The molecular formula is C24H29N3O2. The molecule has 0 bridgehead atoms. The summed E-state index contributed by atoms with van der Waals surface area (Å²) in [7, 11) is 0. The molecule has 0 unspecified atom stereocenters. The molecule has 0 saturated heterocycles. The fraction of sp³-hybridized carbons (Fsp3) is 0.333. The SMILES string of the molecule is CC(C)Cc1cccc(CN(Cc2cccc(CO)n2)Cc2ccccc2O)n1. The number of pyridine rings is 2. The highest BCUT2D eigenvalue weighted by molar-refractivity contribution is 5.31. The highest BCUT2D eigenvalue weighted by Crippen LogP contribution is 2.20. The highest BCUT2D eigenvalue weighted by Gasteiger charge is 2.13. The summed E-state index contributed by atoms with van der Waals surface area (Å²) in [5, 5.41) is 19.6. The van der Waals surface area contributed by atoms with Crippen LogP contribution in [0.2, 0.25) is 0 Å². The quantitative estimate of drug-likeness (QED) is 0.575. The third kappa shape index (κ3) is 6.38. The Morgan fingerprint density at radius 3 is 1.97 bits per heavy atom. The van der Waals surface area contributed by atoms with E-state index >= 15 is 0 Å². The minimum atomic E-state index is -0.0773. The molecule has 2 aromatic heterocycles. The van der Waals surface area contributed by atoms with Crippen molar-refractivity contribution in [2.45, 2.75) is 46.5 Å². The number of nitrogens with zero attached hydrogens (tertiary/aromatic N) is 3. The van der Waals surface area contributed by atoms with E-state index in [0.29, 0.717) is 31.2 Å². The van der Waals surface area contributed by atoms with E-state index in [1.807, 2.05) is 42.5 Å². The number of benzene rings is 1. The van der Waals surface area contributed by atoms with Crippen LogP contribution in [0, 0.1) is 5.92 Å². The van der Waals surface area contributed by atoms with Gasteiger partial charge in [-0.15, -0.1) is 0 Å². The second kappa shape index (κ2) is 10.1. The van der Waals surface area contributed by atoms with Gasteiger partial charge in [0.2, 0.25) is 0 Å². The number of rotatable bonds is 9. The summed E-state index contributed by atoms with van der Waals surface area (Å²) in [6, 6.07) is 19.3. The summed E-state index contributed by atoms with van der Waals surface area (Å²) < 4.78 is 0. The predicted octanol–water partition coefficient (Wildman–Crippen LogP) is 4.08. The molecule has 5 nitrogen and oxygen atoms in total. The number of hydrogen-bond acceptors (Lipinski definition) is 5. The van der Waals surface area contributed by atoms with Crippen LogP contribution in [-0.4, -0.2) is 25.1 Å². The molecule has 1 aromatic carbocycles. The Kier molecular flexibility index (Phi) is 7.33. The van der Waals surface area contributed by atoms with Gasteiger partial charge in [0, 0.05) is 30.9 Å². The molecule has 29 heavy (non-hydrogen) atoms. The molecule has 0 radical (unpaired) electrons. The molecule has 0 aliphatic heterocycles. The number of aliphatic hydroxyl groups excluding tert-OH is 1. The molecule has 0 amide bonds. The normalized spacial score (nSPS) is 11.3. The summed E-state index contributed by atoms with van der Waals surface area (Å²) in [5.41, 5.74) is 4.49. The number of aromatic hydroxyl groups is 1. The Morgan fingerprint density at radius 1 is 0.759 bits per heavy atom. The number of aliphatic hydroxyl groups is 1. The number of hydrogen-bond donors (Lipinski definition) is 2. The Bertz CT molecular complexity index is 927. The molecule has 2 N–H and O–H groups in total. The van der Waals surface area contributed by atoms with Crippen LogP contribution in [0.4, 0.5) is 0 Å². The van der Waals surface area contributed by atoms with Crippen LogP contribution >= 0.6 is 0 Å². The van der Waals surface area contributed by atoms with Gasteiger partial charge in [0.1, 0.15) is 5.75 Å². The summed E-state index contributed by atoms with van der Waals surface area (Å²) in [5.74, 6) is 0.844. The zero-order chi connectivity index (χ0) is 20.6. The fourth-order valence-electron chi connectivity index (χ4n) is 3.37. The minimum absolute atomic E-state index is 0.0773. The summed E-state index contributed by atoms with van der Waals surface area (Å²) in [4.78, 5) is 11.6. The number of aromatic nitrogens is 2. The zero-order valence-electron chi connectivity index (χ0n) is 17.1. The average Bonchev–Trinajstić information content (AvgIpc) is 2.69. The van der Waals surface area contributed by atoms with Gasteiger partial charge >= 0.3 is 0 Å². The van der Waals surface area contributed by atoms with Crippen molar-refractivity contribution in [2.24, 2.45) is 5.92 Å². The van der Waals surface area contributed by atoms with Crippen molar-refractivity contribution >= 4 is 0 Å². The molecule has 0 saturated carbocycles. The van der Waals surface area contributed by atoms with Crippen molar-refractivity contribution < 1.29 is 10.2 Å². The molecule has 152 valence electrons. The Hall–Kier alpha value is -2.76. The van der Waals surface area contributed by atoms with Crippen LogP contribution in [0.15, 0.2) is 60.7 Å². The van der Waals surface area contributed by atoms with E-state index in [9.17, 15) is 10.2 Å². The molecule has 2 heterocycles. The molecule has 5 heteroatoms. The lowest BCUT2D eigenvalue weighted by atomic mass is 10.1. The first-order chi connectivity index (χ1) is 14.0. The Morgan fingerprint density at radius 2 is 1.34 bits per heavy atom. The monoisotopic (exact) mass is 391 g/mol. The van der Waals surface area contributed by atoms with Crippen molar-refractivity contribution in [2.75, 3.05) is 0 Å². The lowest BCUT2D eigenvalue weighted by Crippen LogP contribution is -2.24. The standard InChI is InChI=1S/C24H29N3O2/c1-18(2)13-20-8-5-9-21(25-20)15-27(14-19-7-3-4-12-24(19)29)16-22-10-6-11-23(17-28)26-22/h3-12,18,28-29H,13-17H2,1-2H3. The first kappa shape index (κ1) is 21.0. The maximum absolute atomic E-state index is 10.2. The van der Waals surface area contributed by atoms with Gasteiger partial charge in [-0.2, -0.15) is 0 Å². The smallest absolute Gasteiger partial charge is 0.120 e. The predicted molar refractivity (Wildman–Crippen MR) is 114 cm³/mol. The second-order valence-electron chi connectivity index (χ2n) is 7.77. The van der Waals surface area contributed by atoms with Gasteiger partial charge in [-0.25, -0.2) is 0 Å². The van der Waals surface area contributed by atoms with Crippen molar-refractivity contribution in [3.8, 4) is 5.75 Å². The van der Waals surface area contributed by atoms with Gasteiger partial charge in [-0.05, 0) is 42.7 Å². The van der Waals surface area contributed by atoms with Crippen LogP contribution in [0.1, 0.15) is 42.2 Å². The first-order valence-electron chi connectivity index (χ1n) is 10.0. The van der Waals surface area contributed by atoms with Crippen molar-refractivity contribution in [1.29, 1.82) is 0 Å². The van der Waals surface area contributed by atoms with Crippen LogP contribution in [0.3, 0.4) is 0 Å². The van der Waals surface area contributed by atoms with Gasteiger partial charge < -0.3 is 10.2 Å². The van der Waals surface area contributed by atoms with E-state index in [4.69, 9.17) is 4.98 Å². The minimum Gasteiger partial charge on any atom is -0.508 e. The van der Waals surface area contributed by atoms with Crippen LogP contribution in [-0.2, 0) is 32.7 Å². The van der Waals surface area contributed by atoms with Crippen molar-refractivity contribution in [1.82, 2.24) is 14.9 Å². The second-order valence-corrected chi connectivity index (χ2v) is 7.77. The third-order valence-electron chi connectivity index (χ3n) is 4.67. The fourth-order valence-corrected chi connectivity index (χ4v) is 3.37. The average molecular weight is 392 g/mol. The van der Waals surface area contributed by atoms with E-state index in [-0.39, 0.29) is 12.4 Å². The molecule has 3 rings (SSSR count). The Labute approximate surface area is 172 Å². The highest BCUT2D eigenvalue weighted by atomic mass is 16.3. The van der Waals surface area contributed by atoms with E-state index < -0.39 is 0 Å². The molecule has 0 spiro atoms. The maximum atomic E-state index is 10.2. The first-order valence-corrected chi connectivity index (χ1v) is 10.0. The van der Waals surface area contributed by atoms with E-state index in [1.165, 1.54) is 0 Å². The van der Waals surface area contributed by atoms with Gasteiger partial charge in [-0.1, -0.05) is 44.2 Å². The largest absolute Gasteiger partial charge is 0.508 e. The molecule has 0 fully saturated rings. The van der Waals surface area contributed by atoms with Crippen molar-refractivity contribution in [3.63, 3.8) is 0 Å². The van der Waals surface area contributed by atoms with E-state index in [1.54, 1.807) is 6.07 Å². The van der Waals surface area contributed by atoms with E-state index in [2.05, 4.69) is 35.9 Å². The number of phenolic OH excluding ortho intramolecular Hbond substituents is 1. The summed E-state index contributed by atoms with van der Waals surface area (Å²) in [6.45, 7) is 6.13. The van der Waals surface area contributed by atoms with Crippen LogP contribution in [0.25, 0.3) is 0 Å². The number of phenols is 1. The zero-order valence-corrected chi connectivity index (χ0v) is 17.1. The molecular weight excluding hydrogens is 362 g/mol. The third-order valence-corrected chi connectivity index (χ3v) is 4.67. The van der Waals surface area contributed by atoms with Gasteiger partial charge in [-0.3, -0.25) is 14.9 Å². The summed E-state index contributed by atoms with van der Waals surface area (Å²) >= 11 is 0. The van der Waals surface area contributed by atoms with Gasteiger partial charge in [0.05, 0.1) is 23.7 Å². The van der Waals surface area contributed by atoms with Crippen LogP contribution < -0.4 is 0 Å². The summed E-state index contributed by atoms with van der Waals surface area (Å²) in [6.07, 6.45) is 0.952.